The van der Waals surface area contributed by atoms with Crippen LogP contribution in [0.1, 0.15) is 18.9 Å². The lowest BCUT2D eigenvalue weighted by molar-refractivity contribution is 0.301. The molecule has 0 saturated carbocycles. The molecule has 1 aromatic carbocycles. The molecule has 0 fully saturated rings. The standard InChI is InChI=1S/C16H20N2O2/c1-3-10-19-14-4-6-15(7-5-14)20-12-13-8-9-18-16(11-13)17-2/h4-9,11H,3,10,12H2,1-2H3,(H,17,18). The second-order valence-electron chi connectivity index (χ2n) is 4.41. The molecule has 4 nitrogen and oxygen atoms in total. The van der Waals surface area contributed by atoms with Crippen LogP contribution in [0.4, 0.5) is 5.82 Å². The normalized spacial score (nSPS) is 10.1. The third kappa shape index (κ3) is 4.16. The Bertz CT molecular complexity index is 526. The van der Waals surface area contributed by atoms with E-state index >= 15 is 0 Å². The molecule has 0 unspecified atom stereocenters. The number of anilines is 1. The van der Waals surface area contributed by atoms with Crippen LogP contribution in [0.3, 0.4) is 0 Å². The Balaban J connectivity index is 1.89. The molecular weight excluding hydrogens is 252 g/mol. The first-order chi connectivity index (χ1) is 9.81. The quantitative estimate of drug-likeness (QED) is 0.838. The number of rotatable bonds is 7. The van der Waals surface area contributed by atoms with Gasteiger partial charge in [0, 0.05) is 13.2 Å². The molecule has 0 aliphatic heterocycles. The SMILES string of the molecule is CCCOc1ccc(OCc2ccnc(NC)c2)cc1. The molecule has 0 atom stereocenters. The Labute approximate surface area is 119 Å². The van der Waals surface area contributed by atoms with Crippen molar-refractivity contribution in [3.05, 3.63) is 48.2 Å². The van der Waals surface area contributed by atoms with E-state index in [0.29, 0.717) is 6.61 Å². The molecule has 0 aliphatic rings. The molecule has 0 saturated heterocycles. The summed E-state index contributed by atoms with van der Waals surface area (Å²) in [7, 11) is 1.85. The minimum absolute atomic E-state index is 0.520. The van der Waals surface area contributed by atoms with Gasteiger partial charge in [-0.3, -0.25) is 0 Å². The first-order valence-corrected chi connectivity index (χ1v) is 6.80. The zero-order valence-corrected chi connectivity index (χ0v) is 11.9. The zero-order valence-electron chi connectivity index (χ0n) is 11.9. The average Bonchev–Trinajstić information content (AvgIpc) is 2.52. The lowest BCUT2D eigenvalue weighted by atomic mass is 10.2. The lowest BCUT2D eigenvalue weighted by Gasteiger charge is -2.09. The molecule has 20 heavy (non-hydrogen) atoms. The Morgan fingerprint density at radius 1 is 1.05 bits per heavy atom. The fourth-order valence-electron chi connectivity index (χ4n) is 1.72. The number of ether oxygens (including phenoxy) is 2. The monoisotopic (exact) mass is 272 g/mol. The van der Waals surface area contributed by atoms with Crippen LogP contribution < -0.4 is 14.8 Å². The van der Waals surface area contributed by atoms with Crippen LogP contribution in [0.5, 0.6) is 11.5 Å². The average molecular weight is 272 g/mol. The first kappa shape index (κ1) is 14.2. The van der Waals surface area contributed by atoms with Crippen molar-refractivity contribution in [3.63, 3.8) is 0 Å². The van der Waals surface area contributed by atoms with Crippen LogP contribution in [0, 0.1) is 0 Å². The molecule has 2 aromatic rings. The highest BCUT2D eigenvalue weighted by Crippen LogP contribution is 2.19. The molecule has 0 bridgehead atoms. The Morgan fingerprint density at radius 3 is 2.40 bits per heavy atom. The summed E-state index contributed by atoms with van der Waals surface area (Å²) in [6.45, 7) is 3.35. The molecule has 2 rings (SSSR count). The van der Waals surface area contributed by atoms with Crippen molar-refractivity contribution >= 4 is 5.82 Å². The summed E-state index contributed by atoms with van der Waals surface area (Å²) in [4.78, 5) is 4.17. The summed E-state index contributed by atoms with van der Waals surface area (Å²) in [6, 6.07) is 11.6. The molecule has 0 aliphatic carbocycles. The fourth-order valence-corrected chi connectivity index (χ4v) is 1.72. The van der Waals surface area contributed by atoms with E-state index < -0.39 is 0 Å². The van der Waals surface area contributed by atoms with Gasteiger partial charge in [-0.25, -0.2) is 4.98 Å². The number of hydrogen-bond acceptors (Lipinski definition) is 4. The van der Waals surface area contributed by atoms with E-state index in [2.05, 4.69) is 17.2 Å². The highest BCUT2D eigenvalue weighted by atomic mass is 16.5. The number of nitrogens with zero attached hydrogens (tertiary/aromatic N) is 1. The van der Waals surface area contributed by atoms with Gasteiger partial charge in [-0.15, -0.1) is 0 Å². The van der Waals surface area contributed by atoms with E-state index in [1.165, 1.54) is 0 Å². The van der Waals surface area contributed by atoms with Crippen LogP contribution in [0.2, 0.25) is 0 Å². The molecule has 0 spiro atoms. The smallest absolute Gasteiger partial charge is 0.126 e. The van der Waals surface area contributed by atoms with Gasteiger partial charge >= 0.3 is 0 Å². The Hall–Kier alpha value is -2.23. The van der Waals surface area contributed by atoms with Crippen molar-refractivity contribution in [3.8, 4) is 11.5 Å². The summed E-state index contributed by atoms with van der Waals surface area (Å²) in [6.07, 6.45) is 2.78. The highest BCUT2D eigenvalue weighted by molar-refractivity contribution is 5.37. The third-order valence-corrected chi connectivity index (χ3v) is 2.78. The van der Waals surface area contributed by atoms with Gasteiger partial charge in [0.2, 0.25) is 0 Å². The van der Waals surface area contributed by atoms with Gasteiger partial charge in [0.1, 0.15) is 23.9 Å². The van der Waals surface area contributed by atoms with Gasteiger partial charge in [-0.05, 0) is 48.4 Å². The van der Waals surface area contributed by atoms with E-state index in [4.69, 9.17) is 9.47 Å². The van der Waals surface area contributed by atoms with Crippen molar-refractivity contribution in [2.45, 2.75) is 20.0 Å². The predicted molar refractivity (Wildman–Crippen MR) is 80.3 cm³/mol. The summed E-state index contributed by atoms with van der Waals surface area (Å²) in [5, 5.41) is 3.01. The highest BCUT2D eigenvalue weighted by Gasteiger charge is 1.99. The van der Waals surface area contributed by atoms with Crippen LogP contribution in [-0.2, 0) is 6.61 Å². The van der Waals surface area contributed by atoms with Crippen molar-refractivity contribution < 1.29 is 9.47 Å². The number of aromatic nitrogens is 1. The second kappa shape index (κ2) is 7.38. The molecule has 1 aromatic heterocycles. The van der Waals surface area contributed by atoms with Crippen molar-refractivity contribution in [1.82, 2.24) is 4.98 Å². The van der Waals surface area contributed by atoms with E-state index in [-0.39, 0.29) is 0 Å². The maximum Gasteiger partial charge on any atom is 0.126 e. The Kier molecular flexibility index (Phi) is 5.24. The summed E-state index contributed by atoms with van der Waals surface area (Å²) in [5.74, 6) is 2.55. The van der Waals surface area contributed by atoms with Crippen LogP contribution in [-0.4, -0.2) is 18.6 Å². The zero-order chi connectivity index (χ0) is 14.2. The minimum atomic E-state index is 0.520. The number of pyridine rings is 1. The third-order valence-electron chi connectivity index (χ3n) is 2.78. The van der Waals surface area contributed by atoms with Gasteiger partial charge < -0.3 is 14.8 Å². The number of hydrogen-bond donors (Lipinski definition) is 1. The summed E-state index contributed by atoms with van der Waals surface area (Å²) < 4.78 is 11.3. The molecule has 0 radical (unpaired) electrons. The van der Waals surface area contributed by atoms with E-state index in [9.17, 15) is 0 Å². The molecular formula is C16H20N2O2. The molecule has 106 valence electrons. The fraction of sp³-hybridized carbons (Fsp3) is 0.312. The second-order valence-corrected chi connectivity index (χ2v) is 4.41. The van der Waals surface area contributed by atoms with Crippen molar-refractivity contribution in [1.29, 1.82) is 0 Å². The minimum Gasteiger partial charge on any atom is -0.494 e. The van der Waals surface area contributed by atoms with Crippen LogP contribution >= 0.6 is 0 Å². The van der Waals surface area contributed by atoms with Gasteiger partial charge in [0.05, 0.1) is 6.61 Å². The molecule has 0 amide bonds. The topological polar surface area (TPSA) is 43.4 Å². The molecule has 1 heterocycles. The Morgan fingerprint density at radius 2 is 1.75 bits per heavy atom. The van der Waals surface area contributed by atoms with Gasteiger partial charge in [-0.2, -0.15) is 0 Å². The maximum atomic E-state index is 5.74. The van der Waals surface area contributed by atoms with Crippen LogP contribution in [0.25, 0.3) is 0 Å². The lowest BCUT2D eigenvalue weighted by Crippen LogP contribution is -1.99. The largest absolute Gasteiger partial charge is 0.494 e. The molecule has 1 N–H and O–H groups in total. The van der Waals surface area contributed by atoms with E-state index in [1.54, 1.807) is 6.20 Å². The van der Waals surface area contributed by atoms with Gasteiger partial charge in [0.15, 0.2) is 0 Å². The van der Waals surface area contributed by atoms with E-state index in [0.717, 1.165) is 35.9 Å². The maximum absolute atomic E-state index is 5.74. The van der Waals surface area contributed by atoms with Gasteiger partial charge in [0.25, 0.3) is 0 Å². The number of nitrogens with one attached hydrogen (secondary N) is 1. The number of benzene rings is 1. The van der Waals surface area contributed by atoms with Crippen molar-refractivity contribution in [2.24, 2.45) is 0 Å². The predicted octanol–water partition coefficient (Wildman–Crippen LogP) is 3.49. The summed E-state index contributed by atoms with van der Waals surface area (Å²) in [5.41, 5.74) is 1.08. The summed E-state index contributed by atoms with van der Waals surface area (Å²) >= 11 is 0. The van der Waals surface area contributed by atoms with E-state index in [1.807, 2.05) is 43.4 Å². The molecule has 4 heteroatoms. The van der Waals surface area contributed by atoms with Crippen LogP contribution in [0.15, 0.2) is 42.6 Å². The van der Waals surface area contributed by atoms with Gasteiger partial charge in [-0.1, -0.05) is 6.92 Å². The van der Waals surface area contributed by atoms with Crippen molar-refractivity contribution in [2.75, 3.05) is 19.0 Å². The first-order valence-electron chi connectivity index (χ1n) is 6.80.